The molecular formula is C19H25N9O3. The summed E-state index contributed by atoms with van der Waals surface area (Å²) in [6.07, 6.45) is 3.31. The third-order valence-corrected chi connectivity index (χ3v) is 5.44. The summed E-state index contributed by atoms with van der Waals surface area (Å²) in [7, 11) is 3.24. The number of pyridine rings is 1. The van der Waals surface area contributed by atoms with Crippen molar-refractivity contribution in [2.24, 2.45) is 13.0 Å². The summed E-state index contributed by atoms with van der Waals surface area (Å²) in [6, 6.07) is 3.76. The molecule has 0 radical (unpaired) electrons. The van der Waals surface area contributed by atoms with Crippen LogP contribution in [0.3, 0.4) is 0 Å². The van der Waals surface area contributed by atoms with E-state index in [-0.39, 0.29) is 18.0 Å². The molecule has 2 N–H and O–H groups in total. The van der Waals surface area contributed by atoms with Crippen LogP contribution in [0.2, 0.25) is 0 Å². The second-order valence-electron chi connectivity index (χ2n) is 7.50. The highest BCUT2D eigenvalue weighted by Crippen LogP contribution is 2.31. The van der Waals surface area contributed by atoms with E-state index in [1.807, 2.05) is 26.1 Å². The molecule has 1 aliphatic rings. The van der Waals surface area contributed by atoms with Crippen LogP contribution in [0.15, 0.2) is 12.1 Å². The fourth-order valence-corrected chi connectivity index (χ4v) is 3.79. The number of rotatable bonds is 7. The SMILES string of the molecule is COC(=O)[C@H]1CCC[C@H](Oc2ccc(-c3nnn(C)c3CNc3nn[nH]n3)nc2C)C1. The van der Waals surface area contributed by atoms with Crippen molar-refractivity contribution >= 4 is 11.9 Å². The van der Waals surface area contributed by atoms with Crippen molar-refractivity contribution in [3.05, 3.63) is 23.5 Å². The van der Waals surface area contributed by atoms with Gasteiger partial charge in [0.05, 0.1) is 42.8 Å². The minimum Gasteiger partial charge on any atom is -0.489 e. The molecular weight excluding hydrogens is 402 g/mol. The molecule has 12 nitrogen and oxygen atoms in total. The van der Waals surface area contributed by atoms with Gasteiger partial charge in [0.25, 0.3) is 5.95 Å². The molecule has 164 valence electrons. The number of hydrogen-bond acceptors (Lipinski definition) is 10. The van der Waals surface area contributed by atoms with E-state index < -0.39 is 0 Å². The van der Waals surface area contributed by atoms with E-state index in [2.05, 4.69) is 41.2 Å². The lowest BCUT2D eigenvalue weighted by molar-refractivity contribution is -0.147. The van der Waals surface area contributed by atoms with E-state index >= 15 is 0 Å². The lowest BCUT2D eigenvalue weighted by Crippen LogP contribution is -2.30. The number of methoxy groups -OCH3 is 1. The monoisotopic (exact) mass is 427 g/mol. The summed E-state index contributed by atoms with van der Waals surface area (Å²) in [4.78, 5) is 16.6. The molecule has 4 rings (SSSR count). The molecule has 12 heteroatoms. The van der Waals surface area contributed by atoms with Gasteiger partial charge in [0, 0.05) is 7.05 Å². The highest BCUT2D eigenvalue weighted by Gasteiger charge is 2.29. The van der Waals surface area contributed by atoms with Gasteiger partial charge in [-0.2, -0.15) is 5.21 Å². The van der Waals surface area contributed by atoms with Gasteiger partial charge in [-0.25, -0.2) is 9.67 Å². The van der Waals surface area contributed by atoms with E-state index in [1.54, 1.807) is 4.68 Å². The smallest absolute Gasteiger partial charge is 0.308 e. The largest absolute Gasteiger partial charge is 0.489 e. The minimum atomic E-state index is -0.164. The van der Waals surface area contributed by atoms with Gasteiger partial charge in [0.1, 0.15) is 11.4 Å². The maximum absolute atomic E-state index is 11.9. The van der Waals surface area contributed by atoms with Crippen molar-refractivity contribution < 1.29 is 14.3 Å². The van der Waals surface area contributed by atoms with Gasteiger partial charge in [-0.15, -0.1) is 10.2 Å². The Morgan fingerprint density at radius 1 is 1.32 bits per heavy atom. The Kier molecular flexibility index (Phi) is 6.05. The van der Waals surface area contributed by atoms with Crippen LogP contribution in [0.1, 0.15) is 37.1 Å². The predicted octanol–water partition coefficient (Wildman–Crippen LogP) is 1.42. The highest BCUT2D eigenvalue weighted by molar-refractivity contribution is 5.72. The number of esters is 1. The van der Waals surface area contributed by atoms with Crippen LogP contribution >= 0.6 is 0 Å². The second-order valence-corrected chi connectivity index (χ2v) is 7.50. The molecule has 31 heavy (non-hydrogen) atoms. The molecule has 0 spiro atoms. The Labute approximate surface area is 178 Å². The Bertz CT molecular complexity index is 1030. The van der Waals surface area contributed by atoms with Crippen molar-refractivity contribution in [1.82, 2.24) is 40.6 Å². The molecule has 1 saturated carbocycles. The maximum atomic E-state index is 11.9. The Morgan fingerprint density at radius 3 is 2.94 bits per heavy atom. The van der Waals surface area contributed by atoms with E-state index in [0.717, 1.165) is 30.7 Å². The minimum absolute atomic E-state index is 0.0320. The zero-order valence-electron chi connectivity index (χ0n) is 17.7. The van der Waals surface area contributed by atoms with Crippen molar-refractivity contribution in [2.75, 3.05) is 12.4 Å². The summed E-state index contributed by atoms with van der Waals surface area (Å²) < 4.78 is 12.8. The Balaban J connectivity index is 1.47. The first kappa shape index (κ1) is 20.7. The summed E-state index contributed by atoms with van der Waals surface area (Å²) in [5.41, 5.74) is 2.94. The number of anilines is 1. The third kappa shape index (κ3) is 4.62. The van der Waals surface area contributed by atoms with Crippen LogP contribution in [-0.2, 0) is 23.1 Å². The molecule has 0 bridgehead atoms. The summed E-state index contributed by atoms with van der Waals surface area (Å²) in [5, 5.41) is 25.1. The van der Waals surface area contributed by atoms with E-state index in [9.17, 15) is 4.79 Å². The number of aromatic nitrogens is 8. The van der Waals surface area contributed by atoms with Crippen LogP contribution in [0.4, 0.5) is 5.95 Å². The van der Waals surface area contributed by atoms with Crippen LogP contribution < -0.4 is 10.1 Å². The maximum Gasteiger partial charge on any atom is 0.308 e. The lowest BCUT2D eigenvalue weighted by atomic mass is 9.87. The van der Waals surface area contributed by atoms with E-state index in [0.29, 0.717) is 36.1 Å². The van der Waals surface area contributed by atoms with Gasteiger partial charge < -0.3 is 14.8 Å². The van der Waals surface area contributed by atoms with Gasteiger partial charge in [-0.3, -0.25) is 4.79 Å². The number of aromatic amines is 1. The molecule has 0 aromatic carbocycles. The zero-order valence-corrected chi connectivity index (χ0v) is 17.7. The van der Waals surface area contributed by atoms with Gasteiger partial charge in [-0.05, 0) is 50.0 Å². The quantitative estimate of drug-likeness (QED) is 0.531. The first-order chi connectivity index (χ1) is 15.0. The summed E-state index contributed by atoms with van der Waals surface area (Å²) in [6.45, 7) is 2.31. The Hall–Kier alpha value is -3.57. The van der Waals surface area contributed by atoms with Crippen LogP contribution in [0, 0.1) is 12.8 Å². The standard InChI is InChI=1S/C19H25N9O3/c1-11-16(31-13-6-4-5-12(9-13)18(29)30-3)8-7-14(21-11)17-15(28(2)27-22-17)10-20-19-23-25-26-24-19/h7-8,12-13H,4-6,9-10H2,1-3H3,(H2,20,23,24,25,26)/t12-,13-/m0/s1. The van der Waals surface area contributed by atoms with Crippen molar-refractivity contribution in [3.8, 4) is 17.1 Å². The molecule has 0 amide bonds. The van der Waals surface area contributed by atoms with Crippen molar-refractivity contribution in [2.45, 2.75) is 45.3 Å². The fourth-order valence-electron chi connectivity index (χ4n) is 3.79. The average molecular weight is 427 g/mol. The topological polar surface area (TPSA) is 146 Å². The van der Waals surface area contributed by atoms with Gasteiger partial charge in [0.15, 0.2) is 0 Å². The van der Waals surface area contributed by atoms with Crippen LogP contribution in [-0.4, -0.2) is 59.8 Å². The number of hydrogen-bond donors (Lipinski definition) is 2. The second kappa shape index (κ2) is 9.06. The van der Waals surface area contributed by atoms with E-state index in [4.69, 9.17) is 9.47 Å². The number of nitrogens with one attached hydrogen (secondary N) is 2. The van der Waals surface area contributed by atoms with Crippen LogP contribution in [0.25, 0.3) is 11.4 Å². The first-order valence-corrected chi connectivity index (χ1v) is 10.1. The molecule has 3 heterocycles. The van der Waals surface area contributed by atoms with Crippen molar-refractivity contribution in [3.63, 3.8) is 0 Å². The van der Waals surface area contributed by atoms with Gasteiger partial charge >= 0.3 is 5.97 Å². The molecule has 0 unspecified atom stereocenters. The first-order valence-electron chi connectivity index (χ1n) is 10.1. The van der Waals surface area contributed by atoms with Gasteiger partial charge in [0.2, 0.25) is 0 Å². The zero-order chi connectivity index (χ0) is 21.8. The normalized spacial score (nSPS) is 18.5. The number of carbonyl (C=O) groups excluding carboxylic acids is 1. The summed E-state index contributed by atoms with van der Waals surface area (Å²) in [5.74, 6) is 0.820. The van der Waals surface area contributed by atoms with Crippen LogP contribution in [0.5, 0.6) is 5.75 Å². The molecule has 2 atom stereocenters. The number of aryl methyl sites for hydroxylation is 2. The Morgan fingerprint density at radius 2 is 2.19 bits per heavy atom. The molecule has 3 aromatic heterocycles. The molecule has 1 aliphatic carbocycles. The predicted molar refractivity (Wildman–Crippen MR) is 109 cm³/mol. The molecule has 1 fully saturated rings. The summed E-state index contributed by atoms with van der Waals surface area (Å²) >= 11 is 0. The fraction of sp³-hybridized carbons (Fsp3) is 0.526. The molecule has 3 aromatic rings. The lowest BCUT2D eigenvalue weighted by Gasteiger charge is -2.28. The molecule has 0 aliphatic heterocycles. The number of tetrazole rings is 1. The number of carbonyl (C=O) groups is 1. The van der Waals surface area contributed by atoms with Gasteiger partial charge in [-0.1, -0.05) is 10.3 Å². The third-order valence-electron chi connectivity index (χ3n) is 5.44. The number of ether oxygens (including phenoxy) is 2. The average Bonchev–Trinajstić information content (AvgIpc) is 3.43. The number of nitrogens with zero attached hydrogens (tertiary/aromatic N) is 7. The van der Waals surface area contributed by atoms with E-state index in [1.165, 1.54) is 7.11 Å². The highest BCUT2D eigenvalue weighted by atomic mass is 16.5. The number of H-pyrrole nitrogens is 1. The van der Waals surface area contributed by atoms with Crippen molar-refractivity contribution in [1.29, 1.82) is 0 Å². The molecule has 0 saturated heterocycles.